The zero-order valence-corrected chi connectivity index (χ0v) is 11.7. The Kier molecular flexibility index (Phi) is 4.80. The fraction of sp³-hybridized carbons (Fsp3) is 0.0625. The van der Waals surface area contributed by atoms with E-state index >= 15 is 0 Å². The quantitative estimate of drug-likeness (QED) is 0.809. The number of halogens is 1. The van der Waals surface area contributed by atoms with Crippen molar-refractivity contribution >= 4 is 28.9 Å². The molecule has 0 spiro atoms. The fourth-order valence-corrected chi connectivity index (χ4v) is 1.93. The van der Waals surface area contributed by atoms with E-state index in [1.165, 1.54) is 0 Å². The van der Waals surface area contributed by atoms with Crippen molar-refractivity contribution in [3.63, 3.8) is 0 Å². The van der Waals surface area contributed by atoms with Gasteiger partial charge in [-0.1, -0.05) is 29.8 Å². The summed E-state index contributed by atoms with van der Waals surface area (Å²) in [5.41, 5.74) is 2.16. The van der Waals surface area contributed by atoms with E-state index in [9.17, 15) is 4.79 Å². The maximum Gasteiger partial charge on any atom is 0.257 e. The normalized spacial score (nSPS) is 9.85. The lowest BCUT2D eigenvalue weighted by Crippen LogP contribution is -2.12. The monoisotopic (exact) mass is 286 g/mol. The van der Waals surface area contributed by atoms with Crippen LogP contribution < -0.4 is 10.6 Å². The number of benzene rings is 2. The van der Waals surface area contributed by atoms with Gasteiger partial charge in [0, 0.05) is 17.9 Å². The minimum atomic E-state index is -0.220. The van der Waals surface area contributed by atoms with Crippen molar-refractivity contribution in [3.8, 4) is 0 Å². The number of hydrogen-bond donors (Lipinski definition) is 2. The van der Waals surface area contributed by atoms with Crippen LogP contribution in [0.25, 0.3) is 0 Å². The van der Waals surface area contributed by atoms with Crippen LogP contribution in [0.3, 0.4) is 0 Å². The Morgan fingerprint density at radius 1 is 1.10 bits per heavy atom. The minimum absolute atomic E-state index is 0.220. The van der Waals surface area contributed by atoms with Crippen LogP contribution in [0.1, 0.15) is 10.4 Å². The van der Waals surface area contributed by atoms with E-state index in [2.05, 4.69) is 17.2 Å². The maximum absolute atomic E-state index is 12.1. The molecular formula is C16H15ClN2O. The summed E-state index contributed by atoms with van der Waals surface area (Å²) in [6, 6.07) is 14.4. The first-order valence-electron chi connectivity index (χ1n) is 6.21. The van der Waals surface area contributed by atoms with Crippen molar-refractivity contribution in [1.82, 2.24) is 0 Å². The highest BCUT2D eigenvalue weighted by molar-refractivity contribution is 6.34. The average Bonchev–Trinajstić information content (AvgIpc) is 2.47. The summed E-state index contributed by atoms with van der Waals surface area (Å²) in [5, 5.41) is 6.41. The molecule has 2 rings (SSSR count). The van der Waals surface area contributed by atoms with Crippen LogP contribution in [0.2, 0.25) is 5.02 Å². The van der Waals surface area contributed by atoms with Gasteiger partial charge >= 0.3 is 0 Å². The van der Waals surface area contributed by atoms with Crippen LogP contribution in [0.4, 0.5) is 11.4 Å². The Labute approximate surface area is 123 Å². The molecular weight excluding hydrogens is 272 g/mol. The van der Waals surface area contributed by atoms with Crippen molar-refractivity contribution in [2.45, 2.75) is 0 Å². The molecule has 0 aliphatic heterocycles. The van der Waals surface area contributed by atoms with E-state index in [1.807, 2.05) is 24.3 Å². The lowest BCUT2D eigenvalue weighted by molar-refractivity contribution is 0.102. The second kappa shape index (κ2) is 6.78. The third-order valence-electron chi connectivity index (χ3n) is 2.71. The number of carbonyl (C=O) groups excluding carboxylic acids is 1. The molecule has 0 fully saturated rings. The third kappa shape index (κ3) is 3.62. The van der Waals surface area contributed by atoms with Crippen LogP contribution in [-0.4, -0.2) is 12.5 Å². The Morgan fingerprint density at radius 3 is 2.40 bits per heavy atom. The summed E-state index contributed by atoms with van der Waals surface area (Å²) in [6.45, 7) is 4.34. The van der Waals surface area contributed by atoms with Gasteiger partial charge in [-0.15, -0.1) is 6.58 Å². The van der Waals surface area contributed by atoms with Gasteiger partial charge < -0.3 is 10.6 Å². The van der Waals surface area contributed by atoms with Gasteiger partial charge in [-0.05, 0) is 36.4 Å². The molecule has 0 saturated heterocycles. The van der Waals surface area contributed by atoms with Crippen molar-refractivity contribution in [1.29, 1.82) is 0 Å². The largest absolute Gasteiger partial charge is 0.382 e. The molecule has 0 bridgehead atoms. The highest BCUT2D eigenvalue weighted by atomic mass is 35.5. The van der Waals surface area contributed by atoms with Crippen LogP contribution in [0, 0.1) is 0 Å². The molecule has 0 heterocycles. The van der Waals surface area contributed by atoms with E-state index in [4.69, 9.17) is 11.6 Å². The zero-order valence-electron chi connectivity index (χ0n) is 10.9. The first kappa shape index (κ1) is 14.2. The summed E-state index contributed by atoms with van der Waals surface area (Å²) >= 11 is 5.99. The second-order valence-electron chi connectivity index (χ2n) is 4.18. The molecule has 4 heteroatoms. The Hall–Kier alpha value is -2.26. The standard InChI is InChI=1S/C16H15ClN2O/c1-2-11-18-12-7-9-13(10-8-12)19-16(20)14-5-3-4-6-15(14)17/h2-10,18H,1,11H2,(H,19,20). The van der Waals surface area contributed by atoms with E-state index in [0.717, 1.165) is 11.4 Å². The summed E-state index contributed by atoms with van der Waals surface area (Å²) in [5.74, 6) is -0.220. The molecule has 0 aliphatic rings. The molecule has 0 unspecified atom stereocenters. The first-order valence-corrected chi connectivity index (χ1v) is 6.59. The molecule has 2 aromatic carbocycles. The molecule has 0 aromatic heterocycles. The van der Waals surface area contributed by atoms with Crippen molar-refractivity contribution < 1.29 is 4.79 Å². The van der Waals surface area contributed by atoms with Gasteiger partial charge in [0.25, 0.3) is 5.91 Å². The van der Waals surface area contributed by atoms with Crippen molar-refractivity contribution in [2.75, 3.05) is 17.2 Å². The topological polar surface area (TPSA) is 41.1 Å². The van der Waals surface area contributed by atoms with Crippen LogP contribution >= 0.6 is 11.6 Å². The van der Waals surface area contributed by atoms with Crippen molar-refractivity contribution in [3.05, 3.63) is 71.8 Å². The van der Waals surface area contributed by atoms with Gasteiger partial charge in [-0.25, -0.2) is 0 Å². The van der Waals surface area contributed by atoms with Crippen LogP contribution in [0.15, 0.2) is 61.2 Å². The number of amides is 1. The molecule has 20 heavy (non-hydrogen) atoms. The second-order valence-corrected chi connectivity index (χ2v) is 4.59. The van der Waals surface area contributed by atoms with E-state index in [0.29, 0.717) is 17.1 Å². The lowest BCUT2D eigenvalue weighted by Gasteiger charge is -2.08. The number of carbonyl (C=O) groups is 1. The van der Waals surface area contributed by atoms with Gasteiger partial charge in [0.1, 0.15) is 0 Å². The predicted octanol–water partition coefficient (Wildman–Crippen LogP) is 4.19. The maximum atomic E-state index is 12.1. The molecule has 2 N–H and O–H groups in total. The predicted molar refractivity (Wildman–Crippen MR) is 84.5 cm³/mol. The summed E-state index contributed by atoms with van der Waals surface area (Å²) in [4.78, 5) is 12.1. The molecule has 3 nitrogen and oxygen atoms in total. The van der Waals surface area contributed by atoms with Gasteiger partial charge in [0.05, 0.1) is 10.6 Å². The molecule has 102 valence electrons. The number of hydrogen-bond acceptors (Lipinski definition) is 2. The summed E-state index contributed by atoms with van der Waals surface area (Å²) < 4.78 is 0. The van der Waals surface area contributed by atoms with E-state index < -0.39 is 0 Å². The number of rotatable bonds is 5. The lowest BCUT2D eigenvalue weighted by atomic mass is 10.2. The number of nitrogens with one attached hydrogen (secondary N) is 2. The van der Waals surface area contributed by atoms with E-state index in [-0.39, 0.29) is 5.91 Å². The van der Waals surface area contributed by atoms with Crippen LogP contribution in [-0.2, 0) is 0 Å². The van der Waals surface area contributed by atoms with Gasteiger partial charge in [-0.3, -0.25) is 4.79 Å². The molecule has 2 aromatic rings. The minimum Gasteiger partial charge on any atom is -0.382 e. The molecule has 0 atom stereocenters. The summed E-state index contributed by atoms with van der Waals surface area (Å²) in [7, 11) is 0. The highest BCUT2D eigenvalue weighted by Crippen LogP contribution is 2.18. The molecule has 0 saturated carbocycles. The zero-order chi connectivity index (χ0) is 14.4. The molecule has 1 amide bonds. The third-order valence-corrected chi connectivity index (χ3v) is 3.04. The molecule has 0 aliphatic carbocycles. The average molecular weight is 287 g/mol. The van der Waals surface area contributed by atoms with Gasteiger partial charge in [0.2, 0.25) is 0 Å². The van der Waals surface area contributed by atoms with Crippen molar-refractivity contribution in [2.24, 2.45) is 0 Å². The summed E-state index contributed by atoms with van der Waals surface area (Å²) in [6.07, 6.45) is 1.78. The Morgan fingerprint density at radius 2 is 1.75 bits per heavy atom. The SMILES string of the molecule is C=CCNc1ccc(NC(=O)c2ccccc2Cl)cc1. The smallest absolute Gasteiger partial charge is 0.257 e. The fourth-order valence-electron chi connectivity index (χ4n) is 1.71. The Bertz CT molecular complexity index is 608. The Balaban J connectivity index is 2.05. The van der Waals surface area contributed by atoms with Gasteiger partial charge in [-0.2, -0.15) is 0 Å². The number of anilines is 2. The van der Waals surface area contributed by atoms with Crippen LogP contribution in [0.5, 0.6) is 0 Å². The van der Waals surface area contributed by atoms with E-state index in [1.54, 1.807) is 30.3 Å². The van der Waals surface area contributed by atoms with Gasteiger partial charge in [0.15, 0.2) is 0 Å². The molecule has 0 radical (unpaired) electrons. The highest BCUT2D eigenvalue weighted by Gasteiger charge is 2.09. The first-order chi connectivity index (χ1) is 9.70.